The minimum Gasteiger partial charge on any atom is -0.416 e. The fourth-order valence-corrected chi connectivity index (χ4v) is 2.17. The van der Waals surface area contributed by atoms with Crippen LogP contribution in [-0.2, 0) is 0 Å². The van der Waals surface area contributed by atoms with Crippen molar-refractivity contribution in [1.82, 2.24) is 15.2 Å². The molecule has 20 heavy (non-hydrogen) atoms. The molecule has 0 aliphatic carbocycles. The van der Waals surface area contributed by atoms with Gasteiger partial charge in [0.05, 0.1) is 17.3 Å². The zero-order valence-corrected chi connectivity index (χ0v) is 11.4. The molecule has 2 heterocycles. The monoisotopic (exact) mass is 337 g/mol. The van der Waals surface area contributed by atoms with E-state index in [2.05, 4.69) is 31.1 Å². The molecule has 7 heteroatoms. The number of hydrogen-bond acceptors (Lipinski definition) is 4. The van der Waals surface area contributed by atoms with Gasteiger partial charge in [0.2, 0.25) is 5.89 Å². The molecule has 2 aromatic heterocycles. The first-order chi connectivity index (χ1) is 9.65. The van der Waals surface area contributed by atoms with Gasteiger partial charge in [0.1, 0.15) is 5.82 Å². The van der Waals surface area contributed by atoms with Crippen LogP contribution in [0.3, 0.4) is 0 Å². The van der Waals surface area contributed by atoms with Gasteiger partial charge < -0.3 is 4.42 Å². The lowest BCUT2D eigenvalue weighted by atomic mass is 10.2. The summed E-state index contributed by atoms with van der Waals surface area (Å²) in [7, 11) is 0. The fraction of sp³-hybridized carbons (Fsp3) is 0. The highest BCUT2D eigenvalue weighted by Gasteiger charge is 2.15. The predicted octanol–water partition coefficient (Wildman–Crippen LogP) is 3.84. The van der Waals surface area contributed by atoms with Crippen molar-refractivity contribution in [2.75, 3.05) is 0 Å². The average molecular weight is 338 g/mol. The second-order valence-corrected chi connectivity index (χ2v) is 4.75. The zero-order chi connectivity index (χ0) is 14.1. The van der Waals surface area contributed by atoms with Crippen LogP contribution in [0.4, 0.5) is 8.78 Å². The zero-order valence-electron chi connectivity index (χ0n) is 9.85. The van der Waals surface area contributed by atoms with Gasteiger partial charge >= 0.3 is 0 Å². The molecule has 100 valence electrons. The summed E-state index contributed by atoms with van der Waals surface area (Å²) in [6, 6.07) is 5.50. The van der Waals surface area contributed by atoms with Gasteiger partial charge in [0.15, 0.2) is 5.82 Å². The van der Waals surface area contributed by atoms with E-state index in [9.17, 15) is 8.78 Å². The largest absolute Gasteiger partial charge is 0.416 e. The molecule has 3 rings (SSSR count). The maximum atomic E-state index is 13.6. The lowest BCUT2D eigenvalue weighted by Gasteiger charge is -1.99. The molecule has 0 bridgehead atoms. The van der Waals surface area contributed by atoms with Gasteiger partial charge in [-0.05, 0) is 40.2 Å². The number of pyridine rings is 1. The van der Waals surface area contributed by atoms with E-state index in [0.717, 1.165) is 6.20 Å². The van der Waals surface area contributed by atoms with Crippen LogP contribution in [0, 0.1) is 11.6 Å². The molecule has 1 aromatic carbocycles. The molecule has 4 nitrogen and oxygen atoms in total. The third-order valence-electron chi connectivity index (χ3n) is 2.59. The van der Waals surface area contributed by atoms with E-state index in [1.165, 1.54) is 30.5 Å². The van der Waals surface area contributed by atoms with Crippen LogP contribution in [0.1, 0.15) is 0 Å². The SMILES string of the molecule is Fc1ccc(-c2nnc(-c3ccncc3F)o2)c(Br)c1. The summed E-state index contributed by atoms with van der Waals surface area (Å²) in [4.78, 5) is 3.65. The van der Waals surface area contributed by atoms with Crippen LogP contribution in [0.5, 0.6) is 0 Å². The Hall–Kier alpha value is -2.15. The second-order valence-electron chi connectivity index (χ2n) is 3.89. The Kier molecular flexibility index (Phi) is 3.27. The van der Waals surface area contributed by atoms with Crippen LogP contribution in [0.15, 0.2) is 45.5 Å². The third-order valence-corrected chi connectivity index (χ3v) is 3.25. The minimum absolute atomic E-state index is 0.0381. The van der Waals surface area contributed by atoms with Gasteiger partial charge in [-0.3, -0.25) is 4.98 Å². The summed E-state index contributed by atoms with van der Waals surface area (Å²) >= 11 is 3.21. The summed E-state index contributed by atoms with van der Waals surface area (Å²) in [5.41, 5.74) is 0.691. The van der Waals surface area contributed by atoms with Crippen molar-refractivity contribution in [3.63, 3.8) is 0 Å². The third kappa shape index (κ3) is 2.32. The van der Waals surface area contributed by atoms with E-state index in [4.69, 9.17) is 4.42 Å². The molecule has 0 saturated heterocycles. The second kappa shape index (κ2) is 5.09. The van der Waals surface area contributed by atoms with E-state index in [0.29, 0.717) is 10.0 Å². The maximum absolute atomic E-state index is 13.6. The fourth-order valence-electron chi connectivity index (χ4n) is 1.65. The minimum atomic E-state index is -0.555. The van der Waals surface area contributed by atoms with E-state index in [1.54, 1.807) is 0 Å². The van der Waals surface area contributed by atoms with Crippen LogP contribution >= 0.6 is 15.9 Å². The van der Waals surface area contributed by atoms with Gasteiger partial charge in [-0.15, -0.1) is 10.2 Å². The summed E-state index contributed by atoms with van der Waals surface area (Å²) in [6.45, 7) is 0. The molecule has 3 aromatic rings. The molecule has 0 atom stereocenters. The van der Waals surface area contributed by atoms with Crippen molar-refractivity contribution in [3.8, 4) is 22.9 Å². The summed E-state index contributed by atoms with van der Waals surface area (Å²) < 4.78 is 32.5. The number of hydrogen-bond donors (Lipinski definition) is 0. The highest BCUT2D eigenvalue weighted by Crippen LogP contribution is 2.30. The van der Waals surface area contributed by atoms with E-state index >= 15 is 0 Å². The molecule has 0 amide bonds. The Balaban J connectivity index is 2.04. The molecule has 0 fully saturated rings. The number of aromatic nitrogens is 3. The summed E-state index contributed by atoms with van der Waals surface area (Å²) in [5.74, 6) is -0.736. The number of nitrogens with zero attached hydrogens (tertiary/aromatic N) is 3. The van der Waals surface area contributed by atoms with Crippen molar-refractivity contribution < 1.29 is 13.2 Å². The van der Waals surface area contributed by atoms with Crippen LogP contribution in [0.25, 0.3) is 22.9 Å². The quantitative estimate of drug-likeness (QED) is 0.712. The highest BCUT2D eigenvalue weighted by atomic mass is 79.9. The maximum Gasteiger partial charge on any atom is 0.251 e. The molecule has 0 spiro atoms. The molecule has 0 radical (unpaired) electrons. The van der Waals surface area contributed by atoms with E-state index in [1.807, 2.05) is 0 Å². The molecule has 0 aliphatic heterocycles. The molecule has 0 unspecified atom stereocenters. The smallest absolute Gasteiger partial charge is 0.251 e. The molecule has 0 N–H and O–H groups in total. The summed E-state index contributed by atoms with van der Waals surface area (Å²) in [6.07, 6.45) is 2.49. The van der Waals surface area contributed by atoms with Crippen molar-refractivity contribution in [1.29, 1.82) is 0 Å². The summed E-state index contributed by atoms with van der Waals surface area (Å²) in [5, 5.41) is 7.63. The van der Waals surface area contributed by atoms with Crippen LogP contribution < -0.4 is 0 Å². The normalized spacial score (nSPS) is 10.8. The first-order valence-corrected chi connectivity index (χ1v) is 6.33. The lowest BCUT2D eigenvalue weighted by molar-refractivity contribution is 0.568. The van der Waals surface area contributed by atoms with Crippen molar-refractivity contribution in [2.45, 2.75) is 0 Å². The van der Waals surface area contributed by atoms with Gasteiger partial charge in [-0.25, -0.2) is 8.78 Å². The van der Waals surface area contributed by atoms with Gasteiger partial charge in [-0.2, -0.15) is 0 Å². The van der Waals surface area contributed by atoms with Crippen LogP contribution in [0.2, 0.25) is 0 Å². The standard InChI is InChI=1S/C13H6BrF2N3O/c14-10-5-7(15)1-2-8(10)12-18-19-13(20-12)9-3-4-17-6-11(9)16/h1-6H. The molecule has 0 aliphatic rings. The van der Waals surface area contributed by atoms with E-state index in [-0.39, 0.29) is 23.2 Å². The average Bonchev–Trinajstić information content (AvgIpc) is 2.88. The Bertz CT molecular complexity index is 776. The molecular weight excluding hydrogens is 332 g/mol. The van der Waals surface area contributed by atoms with Gasteiger partial charge in [0.25, 0.3) is 5.89 Å². The Morgan fingerprint density at radius 2 is 1.75 bits per heavy atom. The van der Waals surface area contributed by atoms with Crippen molar-refractivity contribution >= 4 is 15.9 Å². The molecule has 0 saturated carbocycles. The lowest BCUT2D eigenvalue weighted by Crippen LogP contribution is -1.85. The highest BCUT2D eigenvalue weighted by molar-refractivity contribution is 9.10. The van der Waals surface area contributed by atoms with E-state index < -0.39 is 5.82 Å². The van der Waals surface area contributed by atoms with Crippen LogP contribution in [-0.4, -0.2) is 15.2 Å². The predicted molar refractivity (Wildman–Crippen MR) is 70.6 cm³/mol. The topological polar surface area (TPSA) is 51.8 Å². The number of rotatable bonds is 2. The Morgan fingerprint density at radius 3 is 2.45 bits per heavy atom. The number of halogens is 3. The molecular formula is C13H6BrF2N3O. The Morgan fingerprint density at radius 1 is 1.00 bits per heavy atom. The Labute approximate surface area is 120 Å². The first kappa shape index (κ1) is 12.9. The van der Waals surface area contributed by atoms with Crippen molar-refractivity contribution in [2.24, 2.45) is 0 Å². The number of benzene rings is 1. The van der Waals surface area contributed by atoms with Gasteiger partial charge in [0, 0.05) is 10.7 Å². The van der Waals surface area contributed by atoms with Gasteiger partial charge in [-0.1, -0.05) is 0 Å². The first-order valence-electron chi connectivity index (χ1n) is 5.54. The van der Waals surface area contributed by atoms with Crippen molar-refractivity contribution in [3.05, 3.63) is 52.8 Å².